The van der Waals surface area contributed by atoms with Gasteiger partial charge in [0, 0.05) is 7.05 Å². The molecule has 4 nitrogen and oxygen atoms in total. The van der Waals surface area contributed by atoms with Crippen LogP contribution in [0.2, 0.25) is 0 Å². The third kappa shape index (κ3) is 2.58. The van der Waals surface area contributed by atoms with Gasteiger partial charge in [-0.3, -0.25) is 4.79 Å². The van der Waals surface area contributed by atoms with Crippen LogP contribution in [0.5, 0.6) is 0 Å². The zero-order chi connectivity index (χ0) is 7.28. The lowest BCUT2D eigenvalue weighted by molar-refractivity contribution is -0.109. The summed E-state index contributed by atoms with van der Waals surface area (Å²) in [6, 6.07) is 0. The number of carbonyl (C=O) groups is 1. The third-order valence-electron chi connectivity index (χ3n) is 0.867. The van der Waals surface area contributed by atoms with E-state index in [-0.39, 0.29) is 5.88 Å². The topological polar surface area (TPSA) is 61.4 Å². The van der Waals surface area contributed by atoms with Crippen molar-refractivity contribution in [2.24, 2.45) is 0 Å². The number of aliphatic hydroxyl groups excluding tert-OH is 1. The molecule has 0 rings (SSSR count). The molecule has 0 aliphatic rings. The van der Waals surface area contributed by atoms with E-state index in [1.54, 1.807) is 14.0 Å². The minimum atomic E-state index is -0.0258. The van der Waals surface area contributed by atoms with E-state index in [0.717, 1.165) is 0 Å². The van der Waals surface area contributed by atoms with E-state index in [0.29, 0.717) is 12.1 Å². The molecule has 3 N–H and O–H groups in total. The molecule has 0 aromatic carbocycles. The molecule has 0 aliphatic heterocycles. The first-order chi connectivity index (χ1) is 4.22. The van der Waals surface area contributed by atoms with Gasteiger partial charge in [-0.25, -0.2) is 0 Å². The lowest BCUT2D eigenvalue weighted by Gasteiger charge is -2.01. The van der Waals surface area contributed by atoms with Crippen molar-refractivity contribution in [2.45, 2.75) is 6.92 Å². The molecule has 0 bridgehead atoms. The molecular weight excluding hydrogens is 120 g/mol. The van der Waals surface area contributed by atoms with E-state index in [1.807, 2.05) is 0 Å². The van der Waals surface area contributed by atoms with Gasteiger partial charge in [-0.2, -0.15) is 0 Å². The summed E-state index contributed by atoms with van der Waals surface area (Å²) >= 11 is 0. The first kappa shape index (κ1) is 7.81. The molecule has 0 fully saturated rings. The normalized spacial score (nSPS) is 11.8. The van der Waals surface area contributed by atoms with Crippen LogP contribution in [0, 0.1) is 0 Å². The van der Waals surface area contributed by atoms with E-state index in [4.69, 9.17) is 5.11 Å². The molecule has 0 heterocycles. The predicted molar refractivity (Wildman–Crippen MR) is 33.6 cm³/mol. The van der Waals surface area contributed by atoms with Gasteiger partial charge in [0.2, 0.25) is 12.3 Å². The zero-order valence-corrected chi connectivity index (χ0v) is 5.43. The van der Waals surface area contributed by atoms with Gasteiger partial charge in [-0.1, -0.05) is 0 Å². The Labute approximate surface area is 53.6 Å². The summed E-state index contributed by atoms with van der Waals surface area (Å²) in [6.45, 7) is 1.58. The van der Waals surface area contributed by atoms with Gasteiger partial charge in [0.15, 0.2) is 0 Å². The third-order valence-corrected chi connectivity index (χ3v) is 0.867. The number of hydrogen-bond donors (Lipinski definition) is 3. The van der Waals surface area contributed by atoms with Crippen LogP contribution < -0.4 is 10.6 Å². The molecule has 4 heteroatoms. The fourth-order valence-corrected chi connectivity index (χ4v) is 0.344. The van der Waals surface area contributed by atoms with Gasteiger partial charge >= 0.3 is 0 Å². The van der Waals surface area contributed by atoms with E-state index in [9.17, 15) is 4.79 Å². The average molecular weight is 130 g/mol. The number of allylic oxidation sites excluding steroid dienone is 1. The Balaban J connectivity index is 3.92. The zero-order valence-electron chi connectivity index (χ0n) is 5.43. The highest BCUT2D eigenvalue weighted by Gasteiger charge is 1.92. The summed E-state index contributed by atoms with van der Waals surface area (Å²) < 4.78 is 0. The van der Waals surface area contributed by atoms with Gasteiger partial charge in [-0.15, -0.1) is 0 Å². The van der Waals surface area contributed by atoms with E-state index >= 15 is 0 Å². The number of aliphatic hydroxyl groups is 1. The van der Waals surface area contributed by atoms with Crippen LogP contribution in [-0.2, 0) is 4.79 Å². The second-order valence-corrected chi connectivity index (χ2v) is 1.49. The Morgan fingerprint density at radius 2 is 2.22 bits per heavy atom. The molecule has 0 atom stereocenters. The summed E-state index contributed by atoms with van der Waals surface area (Å²) in [7, 11) is 1.56. The highest BCUT2D eigenvalue weighted by atomic mass is 16.3. The van der Waals surface area contributed by atoms with Gasteiger partial charge in [-0.05, 0) is 6.92 Å². The van der Waals surface area contributed by atoms with Crippen LogP contribution in [-0.4, -0.2) is 18.6 Å². The lowest BCUT2D eigenvalue weighted by atomic mass is 10.5. The largest absolute Gasteiger partial charge is 0.494 e. The summed E-state index contributed by atoms with van der Waals surface area (Å²) in [4.78, 5) is 9.75. The highest BCUT2D eigenvalue weighted by molar-refractivity contribution is 5.49. The Hall–Kier alpha value is -1.19. The smallest absolute Gasteiger partial charge is 0.211 e. The summed E-state index contributed by atoms with van der Waals surface area (Å²) in [5.74, 6) is -0.0258. The summed E-state index contributed by atoms with van der Waals surface area (Å²) in [6.07, 6.45) is 0.503. The maximum atomic E-state index is 9.75. The summed E-state index contributed by atoms with van der Waals surface area (Å²) in [5, 5.41) is 13.6. The van der Waals surface area contributed by atoms with Crippen molar-refractivity contribution < 1.29 is 9.90 Å². The second kappa shape index (κ2) is 3.77. The van der Waals surface area contributed by atoms with Crippen LogP contribution in [0.25, 0.3) is 0 Å². The quantitative estimate of drug-likeness (QED) is 0.363. The van der Waals surface area contributed by atoms with E-state index in [2.05, 4.69) is 10.6 Å². The highest BCUT2D eigenvalue weighted by Crippen LogP contribution is 1.87. The number of carbonyl (C=O) groups excluding carboxylic acids is 1. The maximum absolute atomic E-state index is 9.75. The molecule has 0 saturated heterocycles. The van der Waals surface area contributed by atoms with Crippen molar-refractivity contribution in [3.05, 3.63) is 11.6 Å². The van der Waals surface area contributed by atoms with Crippen molar-refractivity contribution in [2.75, 3.05) is 7.05 Å². The van der Waals surface area contributed by atoms with Gasteiger partial charge < -0.3 is 15.7 Å². The van der Waals surface area contributed by atoms with Gasteiger partial charge in [0.1, 0.15) is 0 Å². The molecular formula is C5H10N2O2. The Kier molecular flexibility index (Phi) is 3.27. The van der Waals surface area contributed by atoms with Crippen LogP contribution in [0.15, 0.2) is 11.6 Å². The van der Waals surface area contributed by atoms with E-state index < -0.39 is 0 Å². The first-order valence-electron chi connectivity index (χ1n) is 2.50. The Morgan fingerprint density at radius 1 is 1.67 bits per heavy atom. The Bertz CT molecular complexity index is 131. The van der Waals surface area contributed by atoms with Crippen molar-refractivity contribution in [1.82, 2.24) is 10.6 Å². The molecule has 0 spiro atoms. The number of amides is 1. The molecule has 0 aliphatic carbocycles. The maximum Gasteiger partial charge on any atom is 0.211 e. The molecule has 0 saturated carbocycles. The second-order valence-electron chi connectivity index (χ2n) is 1.49. The standard InChI is InChI=1S/C5H10N2O2/c1-4(7-3-8)5(9)6-2/h3,6,9H,1-2H3,(H,7,8)/b5-4+. The fraction of sp³-hybridized carbons (Fsp3) is 0.400. The fourth-order valence-electron chi connectivity index (χ4n) is 0.344. The first-order valence-corrected chi connectivity index (χ1v) is 2.50. The van der Waals surface area contributed by atoms with Crippen LogP contribution >= 0.6 is 0 Å². The molecule has 52 valence electrons. The van der Waals surface area contributed by atoms with Crippen LogP contribution in [0.1, 0.15) is 6.92 Å². The number of nitrogens with one attached hydrogen (secondary N) is 2. The molecule has 0 aromatic rings. The monoisotopic (exact) mass is 130 g/mol. The molecule has 1 amide bonds. The van der Waals surface area contributed by atoms with Gasteiger partial charge in [0.25, 0.3) is 0 Å². The van der Waals surface area contributed by atoms with Crippen molar-refractivity contribution >= 4 is 6.41 Å². The minimum Gasteiger partial charge on any atom is -0.494 e. The molecule has 0 unspecified atom stereocenters. The van der Waals surface area contributed by atoms with Crippen molar-refractivity contribution in [3.8, 4) is 0 Å². The van der Waals surface area contributed by atoms with Gasteiger partial charge in [0.05, 0.1) is 5.70 Å². The summed E-state index contributed by atoms with van der Waals surface area (Å²) in [5.41, 5.74) is 0.410. The molecule has 0 radical (unpaired) electrons. The number of rotatable bonds is 3. The SMILES string of the molecule is CN/C(O)=C(/C)NC=O. The van der Waals surface area contributed by atoms with Crippen molar-refractivity contribution in [1.29, 1.82) is 0 Å². The lowest BCUT2D eigenvalue weighted by Crippen LogP contribution is -2.16. The van der Waals surface area contributed by atoms with Crippen molar-refractivity contribution in [3.63, 3.8) is 0 Å². The number of hydrogen-bond acceptors (Lipinski definition) is 3. The average Bonchev–Trinajstić information content (AvgIpc) is 1.87. The predicted octanol–water partition coefficient (Wildman–Crippen LogP) is -0.301. The minimum absolute atomic E-state index is 0.0258. The van der Waals surface area contributed by atoms with Crippen LogP contribution in [0.3, 0.4) is 0 Å². The van der Waals surface area contributed by atoms with E-state index in [1.165, 1.54) is 0 Å². The van der Waals surface area contributed by atoms with Crippen LogP contribution in [0.4, 0.5) is 0 Å². The molecule has 0 aromatic heterocycles. The Morgan fingerprint density at radius 3 is 2.56 bits per heavy atom. The molecule has 9 heavy (non-hydrogen) atoms.